The Morgan fingerprint density at radius 2 is 1.72 bits per heavy atom. The van der Waals surface area contributed by atoms with E-state index in [1.54, 1.807) is 11.3 Å². The summed E-state index contributed by atoms with van der Waals surface area (Å²) in [5.74, 6) is 1.63. The molecule has 0 atom stereocenters. The van der Waals surface area contributed by atoms with E-state index in [1.807, 2.05) is 12.1 Å². The van der Waals surface area contributed by atoms with Crippen LogP contribution >= 0.6 is 11.3 Å². The zero-order valence-corrected chi connectivity index (χ0v) is 18.7. The van der Waals surface area contributed by atoms with Gasteiger partial charge in [-0.05, 0) is 48.6 Å². The van der Waals surface area contributed by atoms with Gasteiger partial charge in [-0.25, -0.2) is 0 Å². The lowest BCUT2D eigenvalue weighted by molar-refractivity contribution is -0.226. The van der Waals surface area contributed by atoms with Crippen LogP contribution in [0.25, 0.3) is 12.2 Å². The number of thiophene rings is 1. The highest BCUT2D eigenvalue weighted by Gasteiger charge is 2.31. The van der Waals surface area contributed by atoms with Gasteiger partial charge in [-0.15, -0.1) is 11.3 Å². The van der Waals surface area contributed by atoms with Crippen molar-refractivity contribution in [2.24, 2.45) is 5.41 Å². The summed E-state index contributed by atoms with van der Waals surface area (Å²) in [6.45, 7) is 11.1. The molecule has 1 fully saturated rings. The van der Waals surface area contributed by atoms with Crippen LogP contribution in [-0.2, 0) is 9.47 Å². The van der Waals surface area contributed by atoms with Gasteiger partial charge in [0.25, 0.3) is 0 Å². The molecule has 5 heteroatoms. The van der Waals surface area contributed by atoms with Gasteiger partial charge in [0.2, 0.25) is 0 Å². The minimum absolute atomic E-state index is 0.0197. The van der Waals surface area contributed by atoms with Crippen LogP contribution in [0.1, 0.15) is 62.8 Å². The summed E-state index contributed by atoms with van der Waals surface area (Å²) in [5, 5.41) is 2.08. The molecule has 1 aromatic heterocycles. The highest BCUT2D eigenvalue weighted by Crippen LogP contribution is 2.39. The SMILES string of the molecule is CCCOc1cc(C2OCC(C)(C)CO2)c(OCCC)cc1/C=C/c1cccs1. The Bertz CT molecular complexity index is 785. The molecule has 158 valence electrons. The van der Waals surface area contributed by atoms with Crippen molar-refractivity contribution in [3.63, 3.8) is 0 Å². The predicted octanol–water partition coefficient (Wildman–Crippen LogP) is 6.57. The van der Waals surface area contributed by atoms with Crippen molar-refractivity contribution in [2.45, 2.75) is 46.8 Å². The Hall–Kier alpha value is -1.82. The van der Waals surface area contributed by atoms with E-state index in [2.05, 4.69) is 57.4 Å². The van der Waals surface area contributed by atoms with Crippen LogP contribution in [0.2, 0.25) is 0 Å². The standard InChI is InChI=1S/C24H32O4S/c1-5-11-25-21-15-20(23-27-16-24(3,4)17-28-23)22(26-12-6-2)14-18(21)9-10-19-8-7-13-29-19/h7-10,13-15,23H,5-6,11-12,16-17H2,1-4H3/b10-9+. The van der Waals surface area contributed by atoms with E-state index in [4.69, 9.17) is 18.9 Å². The molecular formula is C24H32O4S. The van der Waals surface area contributed by atoms with Crippen LogP contribution in [0.4, 0.5) is 0 Å². The third-order valence-electron chi connectivity index (χ3n) is 4.54. The second-order valence-corrected chi connectivity index (χ2v) is 9.07. The summed E-state index contributed by atoms with van der Waals surface area (Å²) in [7, 11) is 0. The molecular weight excluding hydrogens is 384 g/mol. The predicted molar refractivity (Wildman–Crippen MR) is 120 cm³/mol. The molecule has 2 heterocycles. The monoisotopic (exact) mass is 416 g/mol. The van der Waals surface area contributed by atoms with Crippen molar-refractivity contribution >= 4 is 23.5 Å². The molecule has 0 saturated carbocycles. The molecule has 0 radical (unpaired) electrons. The van der Waals surface area contributed by atoms with E-state index in [0.717, 1.165) is 35.5 Å². The van der Waals surface area contributed by atoms with Crippen LogP contribution in [0, 0.1) is 5.41 Å². The van der Waals surface area contributed by atoms with Gasteiger partial charge in [0.05, 0.1) is 32.0 Å². The van der Waals surface area contributed by atoms with Crippen molar-refractivity contribution in [3.8, 4) is 11.5 Å². The van der Waals surface area contributed by atoms with Crippen molar-refractivity contribution in [1.82, 2.24) is 0 Å². The summed E-state index contributed by atoms with van der Waals surface area (Å²) >= 11 is 1.71. The van der Waals surface area contributed by atoms with E-state index >= 15 is 0 Å². The van der Waals surface area contributed by atoms with Gasteiger partial charge < -0.3 is 18.9 Å². The van der Waals surface area contributed by atoms with Crippen LogP contribution in [-0.4, -0.2) is 26.4 Å². The highest BCUT2D eigenvalue weighted by atomic mass is 32.1. The molecule has 4 nitrogen and oxygen atoms in total. The molecule has 1 aliphatic rings. The van der Waals surface area contributed by atoms with E-state index in [0.29, 0.717) is 26.4 Å². The second-order valence-electron chi connectivity index (χ2n) is 8.09. The van der Waals surface area contributed by atoms with Gasteiger partial charge in [-0.3, -0.25) is 0 Å². The van der Waals surface area contributed by atoms with Crippen molar-refractivity contribution in [3.05, 3.63) is 45.6 Å². The van der Waals surface area contributed by atoms with Gasteiger partial charge in [-0.2, -0.15) is 0 Å². The van der Waals surface area contributed by atoms with Crippen LogP contribution in [0.3, 0.4) is 0 Å². The lowest BCUT2D eigenvalue weighted by Gasteiger charge is -2.35. The molecule has 0 amide bonds. The Kier molecular flexibility index (Phi) is 7.76. The molecule has 0 unspecified atom stereocenters. The zero-order valence-electron chi connectivity index (χ0n) is 17.9. The summed E-state index contributed by atoms with van der Waals surface area (Å²) in [6, 6.07) is 8.23. The fraction of sp³-hybridized carbons (Fsp3) is 0.500. The van der Waals surface area contributed by atoms with Crippen LogP contribution in [0.5, 0.6) is 11.5 Å². The average Bonchev–Trinajstić information content (AvgIpc) is 3.23. The first-order valence-electron chi connectivity index (χ1n) is 10.4. The van der Waals surface area contributed by atoms with Crippen LogP contribution < -0.4 is 9.47 Å². The number of benzene rings is 1. The van der Waals surface area contributed by atoms with Gasteiger partial charge in [0.1, 0.15) is 11.5 Å². The molecule has 1 aromatic carbocycles. The van der Waals surface area contributed by atoms with Gasteiger partial charge in [0, 0.05) is 15.9 Å². The molecule has 29 heavy (non-hydrogen) atoms. The first-order valence-corrected chi connectivity index (χ1v) is 11.3. The molecule has 1 saturated heterocycles. The third-order valence-corrected chi connectivity index (χ3v) is 5.38. The largest absolute Gasteiger partial charge is 0.493 e. The fourth-order valence-electron chi connectivity index (χ4n) is 3.01. The Morgan fingerprint density at radius 1 is 1.03 bits per heavy atom. The third kappa shape index (κ3) is 6.08. The zero-order chi connectivity index (χ0) is 20.7. The number of hydrogen-bond acceptors (Lipinski definition) is 5. The lowest BCUT2D eigenvalue weighted by Crippen LogP contribution is -2.34. The molecule has 2 aromatic rings. The van der Waals surface area contributed by atoms with Crippen molar-refractivity contribution in [2.75, 3.05) is 26.4 Å². The summed E-state index contributed by atoms with van der Waals surface area (Å²) in [5.41, 5.74) is 1.91. The topological polar surface area (TPSA) is 36.9 Å². The molecule has 0 spiro atoms. The smallest absolute Gasteiger partial charge is 0.187 e. The van der Waals surface area contributed by atoms with E-state index in [9.17, 15) is 0 Å². The quantitative estimate of drug-likeness (QED) is 0.463. The van der Waals surface area contributed by atoms with Crippen molar-refractivity contribution < 1.29 is 18.9 Å². The molecule has 0 aliphatic carbocycles. The summed E-state index contributed by atoms with van der Waals surface area (Å²) in [6.07, 6.45) is 5.65. The minimum atomic E-state index is -0.436. The molecule has 1 aliphatic heterocycles. The van der Waals surface area contributed by atoms with E-state index in [1.165, 1.54) is 4.88 Å². The normalized spacial score (nSPS) is 17.0. The van der Waals surface area contributed by atoms with E-state index < -0.39 is 6.29 Å². The lowest BCUT2D eigenvalue weighted by atomic mass is 9.95. The molecule has 0 bridgehead atoms. The highest BCUT2D eigenvalue weighted by molar-refractivity contribution is 7.10. The average molecular weight is 417 g/mol. The maximum absolute atomic E-state index is 6.08. The van der Waals surface area contributed by atoms with Crippen molar-refractivity contribution in [1.29, 1.82) is 0 Å². The van der Waals surface area contributed by atoms with Crippen LogP contribution in [0.15, 0.2) is 29.6 Å². The number of rotatable bonds is 9. The Labute approximate surface area is 178 Å². The maximum atomic E-state index is 6.08. The van der Waals surface area contributed by atoms with E-state index in [-0.39, 0.29) is 5.41 Å². The second kappa shape index (κ2) is 10.3. The van der Waals surface area contributed by atoms with Gasteiger partial charge >= 0.3 is 0 Å². The Morgan fingerprint density at radius 3 is 2.34 bits per heavy atom. The first kappa shape index (κ1) is 21.9. The fourth-order valence-corrected chi connectivity index (χ4v) is 3.63. The number of hydrogen-bond donors (Lipinski definition) is 0. The first-order chi connectivity index (χ1) is 14.0. The van der Waals surface area contributed by atoms with Gasteiger partial charge in [0.15, 0.2) is 6.29 Å². The molecule has 3 rings (SSSR count). The maximum Gasteiger partial charge on any atom is 0.187 e. The Balaban J connectivity index is 1.95. The molecule has 0 N–H and O–H groups in total. The summed E-state index contributed by atoms with van der Waals surface area (Å²) in [4.78, 5) is 1.20. The number of ether oxygens (including phenoxy) is 4. The minimum Gasteiger partial charge on any atom is -0.493 e. The van der Waals surface area contributed by atoms with Gasteiger partial charge in [-0.1, -0.05) is 33.8 Å². The summed E-state index contributed by atoms with van der Waals surface area (Å²) < 4.78 is 24.2.